The van der Waals surface area contributed by atoms with Crippen LogP contribution in [0.2, 0.25) is 0 Å². The molecule has 8 nitrogen and oxygen atoms in total. The fourth-order valence-electron chi connectivity index (χ4n) is 3.76. The van der Waals surface area contributed by atoms with E-state index < -0.39 is 0 Å². The van der Waals surface area contributed by atoms with Crippen molar-refractivity contribution in [2.24, 2.45) is 5.92 Å². The van der Waals surface area contributed by atoms with Gasteiger partial charge in [0.05, 0.1) is 6.04 Å². The number of amides is 1. The van der Waals surface area contributed by atoms with E-state index in [0.29, 0.717) is 42.4 Å². The van der Waals surface area contributed by atoms with Crippen molar-refractivity contribution in [2.75, 3.05) is 13.1 Å². The predicted octanol–water partition coefficient (Wildman–Crippen LogP) is 1.49. The quantitative estimate of drug-likeness (QED) is 0.700. The van der Waals surface area contributed by atoms with Crippen LogP contribution in [-0.2, 0) is 6.54 Å². The first-order valence-electron chi connectivity index (χ1n) is 9.35. The van der Waals surface area contributed by atoms with E-state index in [1.165, 1.54) is 0 Å². The zero-order valence-corrected chi connectivity index (χ0v) is 14.9. The van der Waals surface area contributed by atoms with Crippen LogP contribution < -0.4 is 5.56 Å². The molecule has 1 atom stereocenters. The van der Waals surface area contributed by atoms with Crippen molar-refractivity contribution in [1.29, 1.82) is 0 Å². The van der Waals surface area contributed by atoms with E-state index in [4.69, 9.17) is 0 Å². The van der Waals surface area contributed by atoms with Crippen molar-refractivity contribution in [1.82, 2.24) is 29.4 Å². The number of carbonyl (C=O) groups is 1. The highest BCUT2D eigenvalue weighted by Crippen LogP contribution is 2.35. The Hall–Kier alpha value is -3.03. The van der Waals surface area contributed by atoms with Gasteiger partial charge in [-0.3, -0.25) is 14.2 Å². The van der Waals surface area contributed by atoms with Gasteiger partial charge in [-0.25, -0.2) is 9.67 Å². The number of rotatable bonds is 4. The lowest BCUT2D eigenvalue weighted by atomic mass is 10.1. The molecule has 1 aliphatic carbocycles. The summed E-state index contributed by atoms with van der Waals surface area (Å²) in [6.07, 6.45) is 4.60. The summed E-state index contributed by atoms with van der Waals surface area (Å²) in [6.45, 7) is 1.89. The second kappa shape index (κ2) is 6.29. The predicted molar refractivity (Wildman–Crippen MR) is 98.3 cm³/mol. The van der Waals surface area contributed by atoms with Gasteiger partial charge in [0.25, 0.3) is 11.5 Å². The van der Waals surface area contributed by atoms with Crippen LogP contribution in [-0.4, -0.2) is 48.4 Å². The van der Waals surface area contributed by atoms with Crippen molar-refractivity contribution in [3.05, 3.63) is 52.6 Å². The van der Waals surface area contributed by atoms with Crippen molar-refractivity contribution >= 4 is 17.1 Å². The number of fused-ring (bicyclic) bond motifs is 1. The van der Waals surface area contributed by atoms with Crippen molar-refractivity contribution in [3.8, 4) is 0 Å². The number of benzene rings is 1. The maximum absolute atomic E-state index is 12.7. The molecule has 27 heavy (non-hydrogen) atoms. The van der Waals surface area contributed by atoms with Gasteiger partial charge in [0.15, 0.2) is 11.2 Å². The lowest BCUT2D eigenvalue weighted by molar-refractivity contribution is 0.0786. The summed E-state index contributed by atoms with van der Waals surface area (Å²) in [5, 5.41) is 8.15. The molecular formula is C19H20N6O2. The van der Waals surface area contributed by atoms with E-state index in [1.54, 1.807) is 15.6 Å². The molecule has 2 aromatic heterocycles. The molecule has 2 aliphatic rings. The van der Waals surface area contributed by atoms with Gasteiger partial charge in [-0.1, -0.05) is 23.4 Å². The Labute approximate surface area is 155 Å². The number of carbonyl (C=O) groups excluding carboxylic acids is 1. The third-order valence-electron chi connectivity index (χ3n) is 5.39. The molecule has 3 aromatic rings. The maximum Gasteiger partial charge on any atom is 0.283 e. The molecule has 138 valence electrons. The monoisotopic (exact) mass is 364 g/mol. The summed E-state index contributed by atoms with van der Waals surface area (Å²) in [7, 11) is 0. The first kappa shape index (κ1) is 16.2. The average molecular weight is 364 g/mol. The molecular weight excluding hydrogens is 344 g/mol. The van der Waals surface area contributed by atoms with Gasteiger partial charge < -0.3 is 4.90 Å². The maximum atomic E-state index is 12.7. The van der Waals surface area contributed by atoms with Crippen molar-refractivity contribution < 1.29 is 4.79 Å². The van der Waals surface area contributed by atoms with Crippen molar-refractivity contribution in [2.45, 2.75) is 31.8 Å². The molecule has 0 bridgehead atoms. The molecule has 1 amide bonds. The minimum absolute atomic E-state index is 0.0476. The molecule has 1 saturated carbocycles. The third kappa shape index (κ3) is 2.90. The summed E-state index contributed by atoms with van der Waals surface area (Å²) in [6, 6.07) is 9.65. The normalized spacial score (nSPS) is 19.7. The molecule has 0 N–H and O–H groups in total. The van der Waals surface area contributed by atoms with E-state index in [0.717, 1.165) is 19.3 Å². The molecule has 1 saturated heterocycles. The van der Waals surface area contributed by atoms with Gasteiger partial charge in [0.2, 0.25) is 0 Å². The van der Waals surface area contributed by atoms with Gasteiger partial charge in [0.1, 0.15) is 6.33 Å². The Balaban J connectivity index is 1.32. The fourth-order valence-corrected chi connectivity index (χ4v) is 3.76. The Morgan fingerprint density at radius 1 is 1.15 bits per heavy atom. The average Bonchev–Trinajstić information content (AvgIpc) is 3.27. The summed E-state index contributed by atoms with van der Waals surface area (Å²) in [4.78, 5) is 31.6. The SMILES string of the molecule is O=C(c1ccccc1)N1CCC(Cn2cnc3c(nnn3C3CC3)c2=O)C1. The number of hydrogen-bond acceptors (Lipinski definition) is 5. The first-order chi connectivity index (χ1) is 13.2. The molecule has 1 unspecified atom stereocenters. The van der Waals surface area contributed by atoms with Gasteiger partial charge >= 0.3 is 0 Å². The number of aromatic nitrogens is 5. The van der Waals surface area contributed by atoms with Crippen LogP contribution in [0, 0.1) is 5.92 Å². The first-order valence-corrected chi connectivity index (χ1v) is 9.35. The molecule has 1 aromatic carbocycles. The summed E-state index contributed by atoms with van der Waals surface area (Å²) in [5.41, 5.74) is 1.46. The van der Waals surface area contributed by atoms with Crippen LogP contribution in [0.4, 0.5) is 0 Å². The fraction of sp³-hybridized carbons (Fsp3) is 0.421. The topological polar surface area (TPSA) is 85.9 Å². The van der Waals surface area contributed by atoms with Crippen LogP contribution in [0.5, 0.6) is 0 Å². The molecule has 0 radical (unpaired) electrons. The van der Waals surface area contributed by atoms with Gasteiger partial charge in [-0.05, 0) is 37.3 Å². The number of likely N-dealkylation sites (tertiary alicyclic amines) is 1. The minimum atomic E-state index is -0.153. The molecule has 5 rings (SSSR count). The molecule has 1 aliphatic heterocycles. The van der Waals surface area contributed by atoms with Gasteiger partial charge in [-0.15, -0.1) is 5.10 Å². The number of nitrogens with zero attached hydrogens (tertiary/aromatic N) is 6. The zero-order chi connectivity index (χ0) is 18.4. The minimum Gasteiger partial charge on any atom is -0.338 e. The molecule has 2 fully saturated rings. The van der Waals surface area contributed by atoms with Crippen LogP contribution >= 0.6 is 0 Å². The summed E-state index contributed by atoms with van der Waals surface area (Å²) >= 11 is 0. The van der Waals surface area contributed by atoms with E-state index in [9.17, 15) is 9.59 Å². The van der Waals surface area contributed by atoms with Crippen LogP contribution in [0.3, 0.4) is 0 Å². The highest BCUT2D eigenvalue weighted by Gasteiger charge is 2.30. The Morgan fingerprint density at radius 2 is 1.96 bits per heavy atom. The summed E-state index contributed by atoms with van der Waals surface area (Å²) < 4.78 is 3.37. The highest BCUT2D eigenvalue weighted by atomic mass is 16.2. The number of hydrogen-bond donors (Lipinski definition) is 0. The van der Waals surface area contributed by atoms with E-state index in [2.05, 4.69) is 15.3 Å². The summed E-state index contributed by atoms with van der Waals surface area (Å²) in [5.74, 6) is 0.277. The van der Waals surface area contributed by atoms with Crippen LogP contribution in [0.1, 0.15) is 35.7 Å². The Bertz CT molecular complexity index is 1050. The molecule has 8 heteroatoms. The second-order valence-corrected chi connectivity index (χ2v) is 7.41. The highest BCUT2D eigenvalue weighted by molar-refractivity contribution is 5.94. The third-order valence-corrected chi connectivity index (χ3v) is 5.39. The lowest BCUT2D eigenvalue weighted by Gasteiger charge is -2.17. The van der Waals surface area contributed by atoms with Gasteiger partial charge in [0, 0.05) is 25.2 Å². The largest absolute Gasteiger partial charge is 0.338 e. The Kier molecular flexibility index (Phi) is 3.77. The van der Waals surface area contributed by atoms with E-state index >= 15 is 0 Å². The standard InChI is InChI=1S/C19H20N6O2/c26-18(14-4-2-1-3-5-14)23-9-8-13(10-23)11-24-12-20-17-16(19(24)27)21-22-25(17)15-6-7-15/h1-5,12-13,15H,6-11H2. The van der Waals surface area contributed by atoms with E-state index in [1.807, 2.05) is 35.2 Å². The second-order valence-electron chi connectivity index (χ2n) is 7.41. The van der Waals surface area contributed by atoms with E-state index in [-0.39, 0.29) is 17.4 Å². The smallest absolute Gasteiger partial charge is 0.283 e. The zero-order valence-electron chi connectivity index (χ0n) is 14.9. The van der Waals surface area contributed by atoms with Gasteiger partial charge in [-0.2, -0.15) is 0 Å². The van der Waals surface area contributed by atoms with Crippen LogP contribution in [0.15, 0.2) is 41.5 Å². The molecule has 0 spiro atoms. The van der Waals surface area contributed by atoms with Crippen molar-refractivity contribution in [3.63, 3.8) is 0 Å². The molecule has 3 heterocycles. The Morgan fingerprint density at radius 3 is 2.74 bits per heavy atom. The lowest BCUT2D eigenvalue weighted by Crippen LogP contribution is -2.30. The van der Waals surface area contributed by atoms with Crippen LogP contribution in [0.25, 0.3) is 11.2 Å².